The van der Waals surface area contributed by atoms with Crippen molar-refractivity contribution in [1.29, 1.82) is 0 Å². The summed E-state index contributed by atoms with van der Waals surface area (Å²) >= 11 is 0. The number of carbonyl (C=O) groups excluding carboxylic acids is 1. The number of amides is 1. The molecule has 1 amide bonds. The van der Waals surface area contributed by atoms with Crippen LogP contribution in [-0.2, 0) is 11.0 Å². The molecule has 0 spiro atoms. The molecule has 3 atom stereocenters. The van der Waals surface area contributed by atoms with Gasteiger partial charge in [-0.25, -0.2) is 0 Å². The summed E-state index contributed by atoms with van der Waals surface area (Å²) in [5, 5.41) is 3.07. The predicted octanol–water partition coefficient (Wildman–Crippen LogP) is 4.45. The smallest absolute Gasteiger partial charge is 0.416 e. The van der Waals surface area contributed by atoms with Crippen molar-refractivity contribution in [1.82, 2.24) is 5.32 Å². The zero-order chi connectivity index (χ0) is 18.3. The summed E-state index contributed by atoms with van der Waals surface area (Å²) in [5.74, 6) is 0.560. The van der Waals surface area contributed by atoms with Crippen LogP contribution >= 0.6 is 0 Å². The lowest BCUT2D eigenvalue weighted by atomic mass is 10.00. The van der Waals surface area contributed by atoms with E-state index in [9.17, 15) is 18.0 Å². The SMILES string of the molecule is O=C(N[C@@H]1CCOc2ccccc21)[C@H]1C[C@@H]1c1ccc(C(F)(F)F)cc1. The van der Waals surface area contributed by atoms with Crippen LogP contribution in [0.1, 0.15) is 41.5 Å². The molecule has 0 bridgehead atoms. The second kappa shape index (κ2) is 6.34. The van der Waals surface area contributed by atoms with E-state index in [1.165, 1.54) is 12.1 Å². The van der Waals surface area contributed by atoms with Crippen LogP contribution in [0, 0.1) is 5.92 Å². The first kappa shape index (κ1) is 16.9. The molecular formula is C20H18F3NO2. The van der Waals surface area contributed by atoms with Crippen LogP contribution in [0.25, 0.3) is 0 Å². The van der Waals surface area contributed by atoms with E-state index in [0.717, 1.165) is 29.0 Å². The maximum absolute atomic E-state index is 12.6. The zero-order valence-corrected chi connectivity index (χ0v) is 13.9. The number of hydrogen-bond donors (Lipinski definition) is 1. The number of fused-ring (bicyclic) bond motifs is 1. The molecule has 0 aromatic heterocycles. The highest BCUT2D eigenvalue weighted by Crippen LogP contribution is 2.48. The van der Waals surface area contributed by atoms with Crippen molar-refractivity contribution in [3.63, 3.8) is 0 Å². The zero-order valence-electron chi connectivity index (χ0n) is 13.9. The molecule has 0 saturated heterocycles. The van der Waals surface area contributed by atoms with Gasteiger partial charge in [-0.15, -0.1) is 0 Å². The van der Waals surface area contributed by atoms with Crippen LogP contribution in [0.5, 0.6) is 5.75 Å². The quantitative estimate of drug-likeness (QED) is 0.877. The van der Waals surface area contributed by atoms with Crippen molar-refractivity contribution in [2.45, 2.75) is 31.0 Å². The maximum Gasteiger partial charge on any atom is 0.416 e. The van der Waals surface area contributed by atoms with Crippen molar-refractivity contribution in [2.75, 3.05) is 6.61 Å². The van der Waals surface area contributed by atoms with E-state index in [4.69, 9.17) is 4.74 Å². The number of benzene rings is 2. The van der Waals surface area contributed by atoms with Crippen molar-refractivity contribution in [3.05, 3.63) is 65.2 Å². The van der Waals surface area contributed by atoms with Crippen molar-refractivity contribution < 1.29 is 22.7 Å². The fourth-order valence-corrected chi connectivity index (χ4v) is 3.54. The highest BCUT2D eigenvalue weighted by Gasteiger charge is 2.45. The molecule has 3 nitrogen and oxygen atoms in total. The minimum Gasteiger partial charge on any atom is -0.493 e. The number of nitrogens with one attached hydrogen (secondary N) is 1. The molecule has 1 saturated carbocycles. The number of ether oxygens (including phenoxy) is 1. The number of hydrogen-bond acceptors (Lipinski definition) is 2. The number of alkyl halides is 3. The summed E-state index contributed by atoms with van der Waals surface area (Å²) in [5.41, 5.74) is 1.09. The molecule has 4 rings (SSSR count). The highest BCUT2D eigenvalue weighted by atomic mass is 19.4. The summed E-state index contributed by atoms with van der Waals surface area (Å²) in [7, 11) is 0. The van der Waals surface area contributed by atoms with Gasteiger partial charge >= 0.3 is 6.18 Å². The Morgan fingerprint density at radius 2 is 1.81 bits per heavy atom. The summed E-state index contributed by atoms with van der Waals surface area (Å²) in [6, 6.07) is 12.7. The minimum atomic E-state index is -4.34. The van der Waals surface area contributed by atoms with Crippen LogP contribution in [-0.4, -0.2) is 12.5 Å². The van der Waals surface area contributed by atoms with E-state index < -0.39 is 11.7 Å². The second-order valence-corrected chi connectivity index (χ2v) is 6.80. The van der Waals surface area contributed by atoms with Crippen LogP contribution in [0.15, 0.2) is 48.5 Å². The van der Waals surface area contributed by atoms with Gasteiger partial charge in [-0.2, -0.15) is 13.2 Å². The topological polar surface area (TPSA) is 38.3 Å². The van der Waals surface area contributed by atoms with Gasteiger partial charge in [-0.1, -0.05) is 30.3 Å². The van der Waals surface area contributed by atoms with Gasteiger partial charge in [0.25, 0.3) is 0 Å². The first-order chi connectivity index (χ1) is 12.4. The third-order valence-electron chi connectivity index (χ3n) is 5.07. The molecule has 2 aromatic rings. The largest absolute Gasteiger partial charge is 0.493 e. The number of carbonyl (C=O) groups is 1. The maximum atomic E-state index is 12.6. The minimum absolute atomic E-state index is 0.00707. The van der Waals surface area contributed by atoms with Gasteiger partial charge in [-0.05, 0) is 36.1 Å². The molecule has 136 valence electrons. The van der Waals surface area contributed by atoms with Gasteiger partial charge < -0.3 is 10.1 Å². The van der Waals surface area contributed by atoms with Crippen molar-refractivity contribution in [2.24, 2.45) is 5.92 Å². The van der Waals surface area contributed by atoms with Crippen LogP contribution in [0.3, 0.4) is 0 Å². The van der Waals surface area contributed by atoms with Gasteiger partial charge in [0, 0.05) is 17.9 Å². The average molecular weight is 361 g/mol. The molecule has 26 heavy (non-hydrogen) atoms. The molecule has 1 N–H and O–H groups in total. The third kappa shape index (κ3) is 3.28. The standard InChI is InChI=1S/C20H18F3NO2/c21-20(22,23)13-7-5-12(6-8-13)15-11-16(15)19(25)24-17-9-10-26-18-4-2-1-3-14(17)18/h1-8,15-17H,9-11H2,(H,24,25)/t15-,16+,17-/m1/s1. The van der Waals surface area contributed by atoms with E-state index in [1.807, 2.05) is 24.3 Å². The lowest BCUT2D eigenvalue weighted by Gasteiger charge is -2.26. The second-order valence-electron chi connectivity index (χ2n) is 6.80. The lowest BCUT2D eigenvalue weighted by molar-refractivity contribution is -0.137. The van der Waals surface area contributed by atoms with E-state index >= 15 is 0 Å². The monoisotopic (exact) mass is 361 g/mol. The van der Waals surface area contributed by atoms with Crippen LogP contribution in [0.2, 0.25) is 0 Å². The summed E-state index contributed by atoms with van der Waals surface area (Å²) in [6.07, 6.45) is -2.96. The Balaban J connectivity index is 1.41. The fourth-order valence-electron chi connectivity index (χ4n) is 3.54. The van der Waals surface area contributed by atoms with Gasteiger partial charge in [-0.3, -0.25) is 4.79 Å². The van der Waals surface area contributed by atoms with Crippen LogP contribution < -0.4 is 10.1 Å². The third-order valence-corrected chi connectivity index (χ3v) is 5.07. The Hall–Kier alpha value is -2.50. The molecule has 1 heterocycles. The van der Waals surface area contributed by atoms with E-state index in [2.05, 4.69) is 5.32 Å². The molecule has 1 aliphatic heterocycles. The molecular weight excluding hydrogens is 343 g/mol. The normalized spacial score (nSPS) is 24.3. The van der Waals surface area contributed by atoms with Gasteiger partial charge in [0.05, 0.1) is 18.2 Å². The molecule has 2 aromatic carbocycles. The van der Waals surface area contributed by atoms with E-state index in [0.29, 0.717) is 19.4 Å². The Kier molecular flexibility index (Phi) is 4.13. The molecule has 1 aliphatic carbocycles. The predicted molar refractivity (Wildman–Crippen MR) is 89.7 cm³/mol. The van der Waals surface area contributed by atoms with E-state index in [1.54, 1.807) is 0 Å². The molecule has 0 unspecified atom stereocenters. The molecule has 0 radical (unpaired) electrons. The molecule has 2 aliphatic rings. The summed E-state index contributed by atoms with van der Waals surface area (Å²) < 4.78 is 43.5. The summed E-state index contributed by atoms with van der Waals surface area (Å²) in [4.78, 5) is 12.6. The Labute approximate surface area is 149 Å². The number of halogens is 3. The lowest BCUT2D eigenvalue weighted by Crippen LogP contribution is -2.33. The van der Waals surface area contributed by atoms with Gasteiger partial charge in [0.2, 0.25) is 5.91 Å². The average Bonchev–Trinajstić information content (AvgIpc) is 3.42. The first-order valence-electron chi connectivity index (χ1n) is 8.63. The number of para-hydroxylation sites is 1. The van der Waals surface area contributed by atoms with E-state index in [-0.39, 0.29) is 23.8 Å². The summed E-state index contributed by atoms with van der Waals surface area (Å²) in [6.45, 7) is 0.551. The van der Waals surface area contributed by atoms with Crippen LogP contribution in [0.4, 0.5) is 13.2 Å². The highest BCUT2D eigenvalue weighted by molar-refractivity contribution is 5.83. The Morgan fingerprint density at radius 3 is 2.54 bits per heavy atom. The van der Waals surface area contributed by atoms with Crippen molar-refractivity contribution in [3.8, 4) is 5.75 Å². The van der Waals surface area contributed by atoms with Gasteiger partial charge in [0.1, 0.15) is 5.75 Å². The molecule has 1 fully saturated rings. The van der Waals surface area contributed by atoms with Crippen molar-refractivity contribution >= 4 is 5.91 Å². The van der Waals surface area contributed by atoms with Gasteiger partial charge in [0.15, 0.2) is 0 Å². The molecule has 6 heteroatoms. The first-order valence-corrected chi connectivity index (χ1v) is 8.63. The Morgan fingerprint density at radius 1 is 1.08 bits per heavy atom. The number of rotatable bonds is 3. The fraction of sp³-hybridized carbons (Fsp3) is 0.350. The Bertz CT molecular complexity index is 817.